The fraction of sp³-hybridized carbons (Fsp3) is 0.429. The summed E-state index contributed by atoms with van der Waals surface area (Å²) in [6, 6.07) is 7.94. The van der Waals surface area contributed by atoms with Gasteiger partial charge in [-0.15, -0.1) is 0 Å². The summed E-state index contributed by atoms with van der Waals surface area (Å²) in [6.07, 6.45) is 6.80. The summed E-state index contributed by atoms with van der Waals surface area (Å²) in [4.78, 5) is 26.9. The molecule has 1 atom stereocenters. The van der Waals surface area contributed by atoms with Gasteiger partial charge in [0.25, 0.3) is 5.91 Å². The maximum atomic E-state index is 13.9. The number of likely N-dealkylation sites (N-methyl/N-ethyl adjacent to an activating group) is 1. The number of hydrogen-bond donors (Lipinski definition) is 0. The molecule has 0 spiro atoms. The lowest BCUT2D eigenvalue weighted by Crippen LogP contribution is -2.40. The monoisotopic (exact) mass is 486 g/mol. The van der Waals surface area contributed by atoms with E-state index >= 15 is 0 Å². The van der Waals surface area contributed by atoms with E-state index in [1.54, 1.807) is 12.4 Å². The lowest BCUT2D eigenvalue weighted by atomic mass is 9.88. The molecule has 4 rings (SSSR count). The van der Waals surface area contributed by atoms with Gasteiger partial charge in [-0.1, -0.05) is 6.92 Å². The Morgan fingerprint density at radius 1 is 1.22 bits per heavy atom. The quantitative estimate of drug-likeness (QED) is 0.454. The molecule has 0 radical (unpaired) electrons. The zero-order chi connectivity index (χ0) is 25.8. The number of nitriles is 1. The van der Waals surface area contributed by atoms with Crippen molar-refractivity contribution in [3.8, 4) is 23.1 Å². The number of amides is 1. The second kappa shape index (κ2) is 10.9. The van der Waals surface area contributed by atoms with Crippen LogP contribution in [-0.2, 0) is 19.9 Å². The Kier molecular flexibility index (Phi) is 7.70. The van der Waals surface area contributed by atoms with Crippen LogP contribution in [0.5, 0.6) is 5.75 Å². The molecule has 1 aliphatic heterocycles. The van der Waals surface area contributed by atoms with Gasteiger partial charge in [-0.2, -0.15) is 5.26 Å². The van der Waals surface area contributed by atoms with Crippen molar-refractivity contribution in [3.05, 3.63) is 64.9 Å². The summed E-state index contributed by atoms with van der Waals surface area (Å²) in [5.74, 6) is 0.504. The topological polar surface area (TPSA) is 87.3 Å². The number of benzene rings is 1. The van der Waals surface area contributed by atoms with Crippen LogP contribution in [0.25, 0.3) is 11.3 Å². The third-order valence-corrected chi connectivity index (χ3v) is 7.02. The molecule has 8 heteroatoms. The zero-order valence-electron chi connectivity index (χ0n) is 21.8. The van der Waals surface area contributed by atoms with Gasteiger partial charge in [0.2, 0.25) is 0 Å². The molecule has 3 heterocycles. The van der Waals surface area contributed by atoms with Crippen LogP contribution < -0.4 is 4.74 Å². The molecular formula is C28H34N6O2. The van der Waals surface area contributed by atoms with Crippen LogP contribution in [0, 0.1) is 11.3 Å². The molecule has 188 valence electrons. The molecule has 1 amide bonds. The maximum Gasteiger partial charge on any atom is 0.254 e. The van der Waals surface area contributed by atoms with Gasteiger partial charge in [0.15, 0.2) is 0 Å². The first kappa shape index (κ1) is 25.4. The average molecular weight is 487 g/mol. The van der Waals surface area contributed by atoms with Crippen molar-refractivity contribution in [1.29, 1.82) is 5.26 Å². The second-order valence-electron chi connectivity index (χ2n) is 9.28. The van der Waals surface area contributed by atoms with E-state index in [2.05, 4.69) is 47.0 Å². The number of aromatic nitrogens is 3. The molecule has 0 saturated heterocycles. The van der Waals surface area contributed by atoms with E-state index in [9.17, 15) is 10.1 Å². The molecule has 1 unspecified atom stereocenters. The van der Waals surface area contributed by atoms with Crippen molar-refractivity contribution >= 4 is 5.91 Å². The third kappa shape index (κ3) is 4.98. The number of carbonyl (C=O) groups is 1. The van der Waals surface area contributed by atoms with Crippen molar-refractivity contribution in [2.75, 3.05) is 33.3 Å². The van der Waals surface area contributed by atoms with Crippen LogP contribution in [-0.4, -0.2) is 63.5 Å². The summed E-state index contributed by atoms with van der Waals surface area (Å²) < 4.78 is 7.66. The SMILES string of the molecule is CCOc1cc(C(C)N2CCc3c(cc(CCN(C)CC)cc3-c3cncn3C)C2=O)ncc1C#N. The number of carbonyl (C=O) groups excluding carboxylic acids is 1. The van der Waals surface area contributed by atoms with E-state index in [-0.39, 0.29) is 11.9 Å². The molecule has 0 N–H and O–H groups in total. The molecule has 0 bridgehead atoms. The van der Waals surface area contributed by atoms with Gasteiger partial charge in [0.05, 0.1) is 36.6 Å². The minimum atomic E-state index is -0.257. The molecule has 1 aliphatic rings. The summed E-state index contributed by atoms with van der Waals surface area (Å²) in [5, 5.41) is 9.37. The summed E-state index contributed by atoms with van der Waals surface area (Å²) in [6.45, 7) is 8.94. The van der Waals surface area contributed by atoms with Gasteiger partial charge in [-0.25, -0.2) is 4.98 Å². The van der Waals surface area contributed by atoms with E-state index in [1.165, 1.54) is 6.20 Å². The highest BCUT2D eigenvalue weighted by Crippen LogP contribution is 2.35. The molecule has 0 aliphatic carbocycles. The van der Waals surface area contributed by atoms with Crippen molar-refractivity contribution in [2.24, 2.45) is 7.05 Å². The standard InChI is InChI=1S/C28H34N6O2/c1-6-32(4)10-8-20-12-23(26-17-30-18-33(26)5)22-9-11-34(28(35)24(22)13-20)19(3)25-14-27(36-7-2)21(15-29)16-31-25/h12-14,16-19H,6-11H2,1-5H3. The molecule has 8 nitrogen and oxygen atoms in total. The Morgan fingerprint density at radius 2 is 2.00 bits per heavy atom. The molecule has 1 aromatic carbocycles. The van der Waals surface area contributed by atoms with Crippen LogP contribution in [0.2, 0.25) is 0 Å². The Labute approximate surface area is 213 Å². The number of ether oxygens (including phenoxy) is 1. The fourth-order valence-electron chi connectivity index (χ4n) is 4.72. The number of fused-ring (bicyclic) bond motifs is 1. The normalized spacial score (nSPS) is 14.0. The lowest BCUT2D eigenvalue weighted by molar-refractivity contribution is 0.0669. The smallest absolute Gasteiger partial charge is 0.254 e. The predicted octanol–water partition coefficient (Wildman–Crippen LogP) is 4.01. The Bertz CT molecular complexity index is 1290. The Hall–Kier alpha value is -3.70. The molecule has 36 heavy (non-hydrogen) atoms. The summed E-state index contributed by atoms with van der Waals surface area (Å²) in [7, 11) is 4.09. The van der Waals surface area contributed by atoms with Gasteiger partial charge >= 0.3 is 0 Å². The second-order valence-corrected chi connectivity index (χ2v) is 9.28. The maximum absolute atomic E-state index is 13.9. The van der Waals surface area contributed by atoms with E-state index in [1.807, 2.05) is 36.6 Å². The van der Waals surface area contributed by atoms with E-state index < -0.39 is 0 Å². The first-order chi connectivity index (χ1) is 17.4. The van der Waals surface area contributed by atoms with Crippen LogP contribution >= 0.6 is 0 Å². The molecule has 3 aromatic rings. The highest BCUT2D eigenvalue weighted by atomic mass is 16.5. The van der Waals surface area contributed by atoms with Crippen LogP contribution in [0.3, 0.4) is 0 Å². The minimum absolute atomic E-state index is 0.00184. The first-order valence-corrected chi connectivity index (χ1v) is 12.5. The molecular weight excluding hydrogens is 452 g/mol. The van der Waals surface area contributed by atoms with Gasteiger partial charge < -0.3 is 19.1 Å². The van der Waals surface area contributed by atoms with Crippen LogP contribution in [0.4, 0.5) is 0 Å². The number of hydrogen-bond acceptors (Lipinski definition) is 6. The van der Waals surface area contributed by atoms with Gasteiger partial charge in [-0.05, 0) is 63.5 Å². The van der Waals surface area contributed by atoms with Crippen molar-refractivity contribution in [2.45, 2.75) is 39.7 Å². The highest BCUT2D eigenvalue weighted by Gasteiger charge is 2.32. The summed E-state index contributed by atoms with van der Waals surface area (Å²) >= 11 is 0. The van der Waals surface area contributed by atoms with Crippen LogP contribution in [0.15, 0.2) is 36.9 Å². The van der Waals surface area contributed by atoms with Gasteiger partial charge in [-0.3, -0.25) is 9.78 Å². The number of pyridine rings is 1. The van der Waals surface area contributed by atoms with Gasteiger partial charge in [0, 0.05) is 43.5 Å². The lowest BCUT2D eigenvalue weighted by Gasteiger charge is -2.34. The Morgan fingerprint density at radius 3 is 2.67 bits per heavy atom. The summed E-state index contributed by atoms with van der Waals surface area (Å²) in [5.41, 5.74) is 6.16. The number of aryl methyl sites for hydroxylation is 1. The largest absolute Gasteiger partial charge is 0.492 e. The zero-order valence-corrected chi connectivity index (χ0v) is 21.8. The highest BCUT2D eigenvalue weighted by molar-refractivity contribution is 5.99. The van der Waals surface area contributed by atoms with Crippen molar-refractivity contribution in [3.63, 3.8) is 0 Å². The third-order valence-electron chi connectivity index (χ3n) is 7.02. The first-order valence-electron chi connectivity index (χ1n) is 12.5. The number of nitrogens with zero attached hydrogens (tertiary/aromatic N) is 6. The van der Waals surface area contributed by atoms with E-state index in [0.717, 1.165) is 53.9 Å². The Balaban J connectivity index is 1.71. The predicted molar refractivity (Wildman–Crippen MR) is 139 cm³/mol. The molecule has 0 saturated carbocycles. The van der Waals surface area contributed by atoms with E-state index in [4.69, 9.17) is 4.74 Å². The minimum Gasteiger partial charge on any atom is -0.492 e. The number of rotatable bonds is 9. The van der Waals surface area contributed by atoms with Gasteiger partial charge in [0.1, 0.15) is 17.4 Å². The molecule has 0 fully saturated rings. The number of imidazole rings is 1. The average Bonchev–Trinajstić information content (AvgIpc) is 3.32. The fourth-order valence-corrected chi connectivity index (χ4v) is 4.72. The van der Waals surface area contributed by atoms with E-state index in [0.29, 0.717) is 30.2 Å². The van der Waals surface area contributed by atoms with Crippen molar-refractivity contribution < 1.29 is 9.53 Å². The molecule has 2 aromatic heterocycles. The van der Waals surface area contributed by atoms with Crippen molar-refractivity contribution in [1.82, 2.24) is 24.3 Å². The van der Waals surface area contributed by atoms with Crippen LogP contribution in [0.1, 0.15) is 59.6 Å².